The van der Waals surface area contributed by atoms with Gasteiger partial charge in [-0.25, -0.2) is 4.79 Å². The third-order valence-electron chi connectivity index (χ3n) is 4.30. The first-order valence-electron chi connectivity index (χ1n) is 8.10. The molecule has 0 radical (unpaired) electrons. The smallest absolute Gasteiger partial charge is 0.461 e. The van der Waals surface area contributed by atoms with Gasteiger partial charge >= 0.3 is 13.4 Å². The molecule has 2 N–H and O–H groups in total. The first kappa shape index (κ1) is 16.2. The first-order valence-corrected chi connectivity index (χ1v) is 9.15. The van der Waals surface area contributed by atoms with Crippen LogP contribution in [0.3, 0.4) is 0 Å². The van der Waals surface area contributed by atoms with Gasteiger partial charge in [-0.05, 0) is 18.4 Å². The van der Waals surface area contributed by atoms with Crippen LogP contribution in [0.15, 0.2) is 30.3 Å². The monoisotopic (exact) mass is 335 g/mol. The van der Waals surface area contributed by atoms with Crippen LogP contribution in [-0.4, -0.2) is 35.1 Å². The van der Waals surface area contributed by atoms with Gasteiger partial charge in [0.15, 0.2) is 0 Å². The average Bonchev–Trinajstić information content (AvgIpc) is 3.10. The second-order valence-electron chi connectivity index (χ2n) is 6.01. The number of rotatable bonds is 7. The van der Waals surface area contributed by atoms with Crippen LogP contribution in [0.25, 0.3) is 0 Å². The van der Waals surface area contributed by atoms with E-state index in [2.05, 4.69) is 10.6 Å². The van der Waals surface area contributed by atoms with Crippen molar-refractivity contribution in [2.75, 3.05) is 5.75 Å². The number of hydrogen-bond acceptors (Lipinski definition) is 4. The Hall–Kier alpha value is -1.69. The van der Waals surface area contributed by atoms with Gasteiger partial charge in [0.25, 0.3) is 0 Å². The second kappa shape index (κ2) is 7.73. The topological polar surface area (TPSA) is 67.4 Å². The van der Waals surface area contributed by atoms with Crippen LogP contribution in [0, 0.1) is 0 Å². The van der Waals surface area contributed by atoms with E-state index in [1.54, 1.807) is 0 Å². The van der Waals surface area contributed by atoms with E-state index < -0.39 is 0 Å². The Bertz CT molecular complexity index is 558. The van der Waals surface area contributed by atoms with Crippen LogP contribution < -0.4 is 10.6 Å². The lowest BCUT2D eigenvalue weighted by Crippen LogP contribution is -2.36. The predicted octanol–water partition coefficient (Wildman–Crippen LogP) is 2.57. The highest BCUT2D eigenvalue weighted by Crippen LogP contribution is 2.33. The quantitative estimate of drug-likeness (QED) is 0.456. The molecule has 0 bridgehead atoms. The number of amides is 2. The summed E-state index contributed by atoms with van der Waals surface area (Å²) in [6.45, 7) is 0.347. The van der Waals surface area contributed by atoms with Gasteiger partial charge in [-0.3, -0.25) is 4.79 Å². The number of hydrogen-bond donors (Lipinski definition) is 2. The van der Waals surface area contributed by atoms with Crippen LogP contribution in [0.4, 0.5) is 4.79 Å². The van der Waals surface area contributed by atoms with Crippen molar-refractivity contribution in [1.29, 1.82) is 0 Å². The highest BCUT2D eigenvalue weighted by molar-refractivity contribution is 8.00. The number of fused-ring (bicyclic) bond motifs is 1. The fraction of sp³-hybridized carbons (Fsp3) is 0.529. The van der Waals surface area contributed by atoms with E-state index in [-0.39, 0.29) is 25.5 Å². The highest BCUT2D eigenvalue weighted by atomic mass is 32.2. The van der Waals surface area contributed by atoms with E-state index in [1.165, 1.54) is 0 Å². The molecule has 0 aromatic heterocycles. The van der Waals surface area contributed by atoms with Crippen LogP contribution in [0.1, 0.15) is 32.7 Å². The number of unbranched alkanes of at least 4 members (excludes halogenated alkanes) is 1. The summed E-state index contributed by atoms with van der Waals surface area (Å²) >= 11 is 1.91. The van der Waals surface area contributed by atoms with E-state index in [0.717, 1.165) is 30.6 Å². The second-order valence-corrected chi connectivity index (χ2v) is 7.29. The molecule has 2 heterocycles. The number of carbonyl (C=O) groups is 2. The molecule has 1 aromatic carbocycles. The summed E-state index contributed by atoms with van der Waals surface area (Å²) in [5.74, 6) is 0.842. The molecule has 2 fully saturated rings. The maximum atomic E-state index is 11.7. The molecule has 23 heavy (non-hydrogen) atoms. The molecule has 2 amide bonds. The highest BCUT2D eigenvalue weighted by Gasteiger charge is 2.42. The molecule has 0 unspecified atom stereocenters. The van der Waals surface area contributed by atoms with Crippen molar-refractivity contribution in [3.05, 3.63) is 35.9 Å². The molecule has 6 heteroatoms. The minimum atomic E-state index is -0.137. The summed E-state index contributed by atoms with van der Waals surface area (Å²) in [6.07, 6.45) is 3.31. The lowest BCUT2D eigenvalue weighted by atomic mass is 10.0. The molecule has 0 aliphatic carbocycles. The molecule has 0 saturated carbocycles. The van der Waals surface area contributed by atoms with Crippen molar-refractivity contribution in [3.63, 3.8) is 0 Å². The Morgan fingerprint density at radius 2 is 2.09 bits per heavy atom. The van der Waals surface area contributed by atoms with Crippen molar-refractivity contribution < 1.29 is 15.8 Å². The number of thioether (sulfide) groups is 1. The summed E-state index contributed by atoms with van der Waals surface area (Å²) < 4.78 is 5.27. The number of benzene rings is 1. The molecular weight excluding hydrogens is 312 g/mol. The van der Waals surface area contributed by atoms with Crippen molar-refractivity contribution >= 4 is 23.8 Å². The van der Waals surface area contributed by atoms with Crippen molar-refractivity contribution in [2.24, 2.45) is 0 Å². The van der Waals surface area contributed by atoms with Gasteiger partial charge in [0.05, 0.1) is 12.1 Å². The van der Waals surface area contributed by atoms with Crippen LogP contribution in [0.5, 0.6) is 0 Å². The summed E-state index contributed by atoms with van der Waals surface area (Å²) in [5.41, 5.74) is 1.01. The lowest BCUT2D eigenvalue weighted by molar-refractivity contribution is -0.145. The van der Waals surface area contributed by atoms with Crippen LogP contribution >= 0.6 is 11.8 Å². The average molecular weight is 335 g/mol. The Kier molecular flexibility index (Phi) is 5.43. The molecule has 2 aliphatic rings. The summed E-state index contributed by atoms with van der Waals surface area (Å²) in [6, 6.07) is 10.2. The van der Waals surface area contributed by atoms with E-state index in [0.29, 0.717) is 18.3 Å². The molecule has 2 saturated heterocycles. The third-order valence-corrected chi connectivity index (χ3v) is 5.81. The minimum Gasteiger partial charge on any atom is -0.461 e. The van der Waals surface area contributed by atoms with Crippen molar-refractivity contribution in [3.8, 4) is 0 Å². The molecule has 3 atom stereocenters. The normalized spacial score (nSPS) is 25.6. The molecule has 3 rings (SSSR count). The molecular formula is C17H23N2O3S+. The predicted molar refractivity (Wildman–Crippen MR) is 91.3 cm³/mol. The summed E-state index contributed by atoms with van der Waals surface area (Å²) in [7, 11) is 0. The zero-order valence-corrected chi connectivity index (χ0v) is 13.8. The molecule has 1 aromatic rings. The van der Waals surface area contributed by atoms with Gasteiger partial charge in [-0.2, -0.15) is 11.8 Å². The summed E-state index contributed by atoms with van der Waals surface area (Å²) in [4.78, 5) is 23.1. The molecule has 5 nitrogen and oxygen atoms in total. The maximum absolute atomic E-state index is 11.7. The van der Waals surface area contributed by atoms with E-state index >= 15 is 0 Å². The maximum Gasteiger partial charge on any atom is 1.00 e. The van der Waals surface area contributed by atoms with Crippen LogP contribution in [-0.2, 0) is 16.1 Å². The molecule has 2 aliphatic heterocycles. The fourth-order valence-corrected chi connectivity index (χ4v) is 4.61. The Balaban J connectivity index is 0.00000208. The number of urea groups is 1. The van der Waals surface area contributed by atoms with E-state index in [4.69, 9.17) is 4.74 Å². The first-order chi connectivity index (χ1) is 11.2. The van der Waals surface area contributed by atoms with Gasteiger partial charge in [0.2, 0.25) is 0 Å². The van der Waals surface area contributed by atoms with Crippen LogP contribution in [0.2, 0.25) is 0 Å². The number of nitrogens with one attached hydrogen (secondary N) is 2. The van der Waals surface area contributed by atoms with Crippen molar-refractivity contribution in [2.45, 2.75) is 49.6 Å². The SMILES string of the molecule is O=C1N[C@H]2[C@H](CS[C@H]2CCCCC(=O)OCc2ccccc2)N1.[H+]. The number of ether oxygens (including phenoxy) is 1. The number of carbonyl (C=O) groups excluding carboxylic acids is 2. The zero-order chi connectivity index (χ0) is 16.1. The molecule has 124 valence electrons. The fourth-order valence-electron chi connectivity index (χ4n) is 3.07. The minimum absolute atomic E-state index is 0. The zero-order valence-electron chi connectivity index (χ0n) is 14.0. The third kappa shape index (κ3) is 4.41. The van der Waals surface area contributed by atoms with Gasteiger partial charge in [0, 0.05) is 17.4 Å². The van der Waals surface area contributed by atoms with E-state index in [1.807, 2.05) is 42.1 Å². The van der Waals surface area contributed by atoms with Crippen molar-refractivity contribution in [1.82, 2.24) is 10.6 Å². The van der Waals surface area contributed by atoms with Gasteiger partial charge in [0.1, 0.15) is 6.61 Å². The Labute approximate surface area is 142 Å². The standard InChI is InChI=1S/C17H22N2O3S/c20-15(22-10-12-6-2-1-3-7-12)9-5-4-8-14-16-13(11-23-14)18-17(21)19-16/h1-3,6-7,13-14,16H,4-5,8-11H2,(H2,18,19,21)/p+1/t13-,14-,16-/m0/s1. The van der Waals surface area contributed by atoms with Gasteiger partial charge in [-0.1, -0.05) is 36.8 Å². The lowest BCUT2D eigenvalue weighted by Gasteiger charge is -2.16. The number of esters is 1. The van der Waals surface area contributed by atoms with Gasteiger partial charge < -0.3 is 15.4 Å². The summed E-state index contributed by atoms with van der Waals surface area (Å²) in [5, 5.41) is 6.39. The largest absolute Gasteiger partial charge is 1.00 e. The Morgan fingerprint density at radius 3 is 2.91 bits per heavy atom. The van der Waals surface area contributed by atoms with E-state index in [9.17, 15) is 9.59 Å². The molecule has 0 spiro atoms. The van der Waals surface area contributed by atoms with Gasteiger partial charge in [-0.15, -0.1) is 0 Å². The Morgan fingerprint density at radius 1 is 1.26 bits per heavy atom.